The molecule has 0 spiro atoms. The van der Waals surface area contributed by atoms with Gasteiger partial charge >= 0.3 is 0 Å². The van der Waals surface area contributed by atoms with E-state index < -0.39 is 10.1 Å². The fraction of sp³-hybridized carbons (Fsp3) is 0.0833. The molecule has 17 heavy (non-hydrogen) atoms. The number of nitrogens with one attached hydrogen (secondary N) is 1. The van der Waals surface area contributed by atoms with Crippen LogP contribution in [0.4, 0.5) is 0 Å². The van der Waals surface area contributed by atoms with Crippen LogP contribution in [0.5, 0.6) is 0 Å². The third-order valence-electron chi connectivity index (χ3n) is 1.92. The Morgan fingerprint density at radius 1 is 1.12 bits per heavy atom. The summed E-state index contributed by atoms with van der Waals surface area (Å²) in [7, 11) is -4.00. The summed E-state index contributed by atoms with van der Waals surface area (Å²) in [6.45, 7) is 0. The number of rotatable bonds is 1. The quantitative estimate of drug-likeness (QED) is 0.752. The molecule has 90 valence electrons. The number of allylic oxidation sites excluding steroid dienone is 4. The van der Waals surface area contributed by atoms with Crippen molar-refractivity contribution in [2.24, 2.45) is 0 Å². The lowest BCUT2D eigenvalue weighted by molar-refractivity contribution is 0.483. The third kappa shape index (κ3) is 5.24. The van der Waals surface area contributed by atoms with Gasteiger partial charge in [-0.2, -0.15) is 8.42 Å². The van der Waals surface area contributed by atoms with Crippen LogP contribution in [0, 0.1) is 5.41 Å². The summed E-state index contributed by atoms with van der Waals surface area (Å²) in [5, 5.41) is 7.05. The van der Waals surface area contributed by atoms with Crippen LogP contribution in [0.1, 0.15) is 6.42 Å². The highest BCUT2D eigenvalue weighted by atomic mass is 32.2. The second-order valence-corrected chi connectivity index (χ2v) is 4.73. The maximum atomic E-state index is 10.4. The van der Waals surface area contributed by atoms with Gasteiger partial charge in [-0.05, 0) is 18.2 Å². The van der Waals surface area contributed by atoms with Crippen molar-refractivity contribution in [3.63, 3.8) is 0 Å². The molecular weight excluding hydrogens is 238 g/mol. The van der Waals surface area contributed by atoms with E-state index in [4.69, 9.17) is 9.96 Å². The van der Waals surface area contributed by atoms with Gasteiger partial charge in [-0.25, -0.2) is 0 Å². The predicted octanol–water partition coefficient (Wildman–Crippen LogP) is 2.46. The molecule has 1 aliphatic rings. The average molecular weight is 251 g/mol. The summed E-state index contributed by atoms with van der Waals surface area (Å²) in [5.74, 6) is 0. The number of hydrogen-bond acceptors (Lipinski definition) is 3. The molecule has 0 saturated heterocycles. The third-order valence-corrected chi connectivity index (χ3v) is 2.79. The van der Waals surface area contributed by atoms with E-state index in [-0.39, 0.29) is 4.90 Å². The maximum absolute atomic E-state index is 10.4. The lowest BCUT2D eigenvalue weighted by Gasteiger charge is -1.92. The zero-order valence-electron chi connectivity index (χ0n) is 9.08. The Kier molecular flexibility index (Phi) is 4.81. The van der Waals surface area contributed by atoms with Gasteiger partial charge in [0.25, 0.3) is 10.1 Å². The van der Waals surface area contributed by atoms with Crippen molar-refractivity contribution in [2.75, 3.05) is 0 Å². The van der Waals surface area contributed by atoms with Crippen molar-refractivity contribution < 1.29 is 13.0 Å². The molecule has 4 nitrogen and oxygen atoms in total. The Bertz CT molecular complexity index is 530. The fourth-order valence-corrected chi connectivity index (χ4v) is 1.61. The number of benzene rings is 1. The molecule has 0 fully saturated rings. The molecule has 0 aliphatic heterocycles. The van der Waals surface area contributed by atoms with Crippen LogP contribution in [-0.4, -0.2) is 18.7 Å². The van der Waals surface area contributed by atoms with E-state index >= 15 is 0 Å². The van der Waals surface area contributed by atoms with Crippen LogP contribution < -0.4 is 0 Å². The summed E-state index contributed by atoms with van der Waals surface area (Å²) < 4.78 is 29.2. The van der Waals surface area contributed by atoms with Gasteiger partial charge in [0.1, 0.15) is 0 Å². The van der Waals surface area contributed by atoms with Crippen molar-refractivity contribution in [2.45, 2.75) is 11.3 Å². The maximum Gasteiger partial charge on any atom is 0.294 e. The topological polar surface area (TPSA) is 78.2 Å². The molecule has 1 aromatic rings. The minimum Gasteiger partial charge on any atom is -0.305 e. The summed E-state index contributed by atoms with van der Waals surface area (Å²) >= 11 is 0. The normalized spacial score (nSPS) is 14.1. The minimum atomic E-state index is -4.00. The largest absolute Gasteiger partial charge is 0.305 e. The summed E-state index contributed by atoms with van der Waals surface area (Å²) in [5.41, 5.74) is 0.697. The van der Waals surface area contributed by atoms with Gasteiger partial charge in [0.15, 0.2) is 0 Å². The van der Waals surface area contributed by atoms with Gasteiger partial charge in [-0.3, -0.25) is 4.55 Å². The van der Waals surface area contributed by atoms with Crippen LogP contribution in [0.2, 0.25) is 0 Å². The molecule has 0 aromatic heterocycles. The SMILES string of the molecule is N=C1C=CC=CC1.O=S(=O)(O)c1ccccc1. The monoisotopic (exact) mass is 251 g/mol. The van der Waals surface area contributed by atoms with Gasteiger partial charge in [0.2, 0.25) is 0 Å². The Morgan fingerprint density at radius 3 is 2.06 bits per heavy atom. The zero-order chi connectivity index (χ0) is 12.7. The van der Waals surface area contributed by atoms with E-state index in [0.717, 1.165) is 6.42 Å². The van der Waals surface area contributed by atoms with Crippen LogP contribution in [-0.2, 0) is 10.1 Å². The Labute approximate surface area is 101 Å². The molecule has 5 heteroatoms. The van der Waals surface area contributed by atoms with Gasteiger partial charge < -0.3 is 5.41 Å². The highest BCUT2D eigenvalue weighted by molar-refractivity contribution is 7.85. The zero-order valence-corrected chi connectivity index (χ0v) is 9.89. The second kappa shape index (κ2) is 6.12. The van der Waals surface area contributed by atoms with Gasteiger partial charge in [-0.1, -0.05) is 36.4 Å². The van der Waals surface area contributed by atoms with Crippen molar-refractivity contribution in [3.8, 4) is 0 Å². The molecule has 0 radical (unpaired) electrons. The Balaban J connectivity index is 0.000000181. The first-order valence-electron chi connectivity index (χ1n) is 4.93. The van der Waals surface area contributed by atoms with Crippen LogP contribution in [0.25, 0.3) is 0 Å². The van der Waals surface area contributed by atoms with E-state index in [9.17, 15) is 8.42 Å². The fourth-order valence-electron chi connectivity index (χ4n) is 1.11. The molecule has 1 aliphatic carbocycles. The standard InChI is InChI=1S/C6H7N.C6H6O3S/c7-6-4-2-1-3-5-6;7-10(8,9)6-4-2-1-3-5-6/h1-4,7H,5H2;1-5H,(H,7,8,9). The van der Waals surface area contributed by atoms with Crippen molar-refractivity contribution in [1.82, 2.24) is 0 Å². The predicted molar refractivity (Wildman–Crippen MR) is 66.9 cm³/mol. The average Bonchev–Trinajstić information content (AvgIpc) is 2.31. The molecule has 2 rings (SSSR count). The van der Waals surface area contributed by atoms with Gasteiger partial charge in [0.05, 0.1) is 4.90 Å². The first-order chi connectivity index (χ1) is 8.00. The molecule has 0 bridgehead atoms. The molecule has 0 amide bonds. The first kappa shape index (κ1) is 13.3. The van der Waals surface area contributed by atoms with Crippen molar-refractivity contribution in [3.05, 3.63) is 54.6 Å². The van der Waals surface area contributed by atoms with E-state index in [1.54, 1.807) is 24.3 Å². The van der Waals surface area contributed by atoms with E-state index in [1.165, 1.54) is 12.1 Å². The highest BCUT2D eigenvalue weighted by Crippen LogP contribution is 2.05. The second-order valence-electron chi connectivity index (χ2n) is 3.30. The molecule has 0 unspecified atom stereocenters. The number of hydrogen-bond donors (Lipinski definition) is 2. The van der Waals surface area contributed by atoms with E-state index in [0.29, 0.717) is 5.71 Å². The molecular formula is C12H13NO3S. The smallest absolute Gasteiger partial charge is 0.294 e. The molecule has 0 heterocycles. The molecule has 0 atom stereocenters. The Morgan fingerprint density at radius 2 is 1.76 bits per heavy atom. The lowest BCUT2D eigenvalue weighted by Crippen LogP contribution is -1.96. The van der Waals surface area contributed by atoms with Crippen molar-refractivity contribution in [1.29, 1.82) is 5.41 Å². The van der Waals surface area contributed by atoms with Gasteiger partial charge in [0, 0.05) is 12.1 Å². The van der Waals surface area contributed by atoms with Crippen LogP contribution in [0.3, 0.4) is 0 Å². The summed E-state index contributed by atoms with van der Waals surface area (Å²) in [4.78, 5) is -0.0741. The van der Waals surface area contributed by atoms with Crippen molar-refractivity contribution >= 4 is 15.8 Å². The first-order valence-corrected chi connectivity index (χ1v) is 6.37. The lowest BCUT2D eigenvalue weighted by atomic mass is 10.2. The Hall–Kier alpha value is -1.72. The molecule has 0 saturated carbocycles. The van der Waals surface area contributed by atoms with Crippen LogP contribution >= 0.6 is 0 Å². The molecule has 2 N–H and O–H groups in total. The van der Waals surface area contributed by atoms with Crippen LogP contribution in [0.15, 0.2) is 59.5 Å². The van der Waals surface area contributed by atoms with Gasteiger partial charge in [-0.15, -0.1) is 0 Å². The minimum absolute atomic E-state index is 0.0741. The molecule has 1 aromatic carbocycles. The van der Waals surface area contributed by atoms with E-state index in [2.05, 4.69) is 0 Å². The highest BCUT2D eigenvalue weighted by Gasteiger charge is 2.05. The summed E-state index contributed by atoms with van der Waals surface area (Å²) in [6.07, 6.45) is 8.42. The van der Waals surface area contributed by atoms with E-state index in [1.807, 2.05) is 18.2 Å². The summed E-state index contributed by atoms with van der Waals surface area (Å²) in [6, 6.07) is 7.42.